The van der Waals surface area contributed by atoms with E-state index in [-0.39, 0.29) is 24.2 Å². The normalized spacial score (nSPS) is 23.3. The molecule has 3 nitrogen and oxygen atoms in total. The molecule has 0 spiro atoms. The van der Waals surface area contributed by atoms with E-state index in [1.54, 1.807) is 11.8 Å². The van der Waals surface area contributed by atoms with Gasteiger partial charge in [-0.05, 0) is 42.6 Å². The van der Waals surface area contributed by atoms with E-state index in [2.05, 4.69) is 12.1 Å². The second-order valence-electron chi connectivity index (χ2n) is 5.06. The molecule has 2 unspecified atom stereocenters. The minimum absolute atomic E-state index is 0.0928. The van der Waals surface area contributed by atoms with Gasteiger partial charge in [0.1, 0.15) is 0 Å². The van der Waals surface area contributed by atoms with Crippen molar-refractivity contribution in [3.63, 3.8) is 0 Å². The second kappa shape index (κ2) is 6.77. The fourth-order valence-electron chi connectivity index (χ4n) is 2.52. The lowest BCUT2D eigenvalue weighted by Crippen LogP contribution is -2.20. The zero-order valence-electron chi connectivity index (χ0n) is 10.9. The van der Waals surface area contributed by atoms with E-state index in [1.165, 1.54) is 4.90 Å². The van der Waals surface area contributed by atoms with Crippen LogP contribution in [0.4, 0.5) is 0 Å². The van der Waals surface area contributed by atoms with Gasteiger partial charge in [0.15, 0.2) is 9.84 Å². The smallest absolute Gasteiger partial charge is 0.150 e. The SMILES string of the molecule is O=S1(=O)CCC(C(CO)CCSc2ccccc2)C1. The molecule has 106 valence electrons. The van der Waals surface area contributed by atoms with Crippen molar-refractivity contribution < 1.29 is 13.5 Å². The van der Waals surface area contributed by atoms with Crippen molar-refractivity contribution in [2.24, 2.45) is 11.8 Å². The molecule has 0 saturated carbocycles. The fraction of sp³-hybridized carbons (Fsp3) is 0.571. The van der Waals surface area contributed by atoms with Gasteiger partial charge in [-0.3, -0.25) is 0 Å². The summed E-state index contributed by atoms with van der Waals surface area (Å²) in [5, 5.41) is 9.45. The third-order valence-corrected chi connectivity index (χ3v) is 6.51. The van der Waals surface area contributed by atoms with E-state index < -0.39 is 9.84 Å². The lowest BCUT2D eigenvalue weighted by Gasteiger charge is -2.19. The Labute approximate surface area is 119 Å². The summed E-state index contributed by atoms with van der Waals surface area (Å²) in [5.41, 5.74) is 0. The van der Waals surface area contributed by atoms with Crippen molar-refractivity contribution in [2.45, 2.75) is 17.7 Å². The Kier molecular flexibility index (Phi) is 5.30. The summed E-state index contributed by atoms with van der Waals surface area (Å²) in [6.45, 7) is 0.0928. The summed E-state index contributed by atoms with van der Waals surface area (Å²) in [7, 11) is -2.85. The van der Waals surface area contributed by atoms with Crippen molar-refractivity contribution in [1.82, 2.24) is 0 Å². The molecule has 0 amide bonds. The number of benzene rings is 1. The van der Waals surface area contributed by atoms with Gasteiger partial charge in [-0.1, -0.05) is 18.2 Å². The molecule has 0 aliphatic carbocycles. The maximum absolute atomic E-state index is 11.5. The molecule has 2 rings (SSSR count). The third-order valence-electron chi connectivity index (χ3n) is 3.67. The molecule has 1 heterocycles. The molecule has 1 N–H and O–H groups in total. The van der Waals surface area contributed by atoms with E-state index in [4.69, 9.17) is 0 Å². The van der Waals surface area contributed by atoms with Crippen LogP contribution in [0, 0.1) is 11.8 Å². The molecule has 0 radical (unpaired) electrons. The number of hydrogen-bond donors (Lipinski definition) is 1. The Hall–Kier alpha value is -0.520. The summed E-state index contributed by atoms with van der Waals surface area (Å²) >= 11 is 1.76. The highest BCUT2D eigenvalue weighted by molar-refractivity contribution is 7.99. The third kappa shape index (κ3) is 4.51. The van der Waals surface area contributed by atoms with E-state index in [1.807, 2.05) is 18.2 Å². The zero-order valence-corrected chi connectivity index (χ0v) is 12.5. The van der Waals surface area contributed by atoms with Crippen LogP contribution in [0.3, 0.4) is 0 Å². The average molecular weight is 300 g/mol. The number of hydrogen-bond acceptors (Lipinski definition) is 4. The number of aliphatic hydroxyl groups is 1. The Balaban J connectivity index is 1.80. The first-order chi connectivity index (χ1) is 9.11. The topological polar surface area (TPSA) is 54.4 Å². The Morgan fingerprint density at radius 2 is 2.05 bits per heavy atom. The first kappa shape index (κ1) is 14.9. The molecule has 1 aromatic rings. The van der Waals surface area contributed by atoms with Crippen molar-refractivity contribution in [2.75, 3.05) is 23.9 Å². The van der Waals surface area contributed by atoms with Crippen LogP contribution in [0.25, 0.3) is 0 Å². The predicted octanol–water partition coefficient (Wildman–Crippen LogP) is 2.21. The lowest BCUT2D eigenvalue weighted by molar-refractivity contribution is 0.181. The second-order valence-corrected chi connectivity index (χ2v) is 8.45. The summed E-state index contributed by atoms with van der Waals surface area (Å²) in [4.78, 5) is 1.22. The standard InChI is InChI=1S/C14H20O3S2/c15-10-12(13-7-9-19(16,17)11-13)6-8-18-14-4-2-1-3-5-14/h1-5,12-13,15H,6-11H2. The molecular weight excluding hydrogens is 280 g/mol. The van der Waals surface area contributed by atoms with E-state index >= 15 is 0 Å². The van der Waals surface area contributed by atoms with Gasteiger partial charge < -0.3 is 5.11 Å². The van der Waals surface area contributed by atoms with Gasteiger partial charge in [0.25, 0.3) is 0 Å². The monoisotopic (exact) mass is 300 g/mol. The Morgan fingerprint density at radius 1 is 1.32 bits per heavy atom. The highest BCUT2D eigenvalue weighted by Gasteiger charge is 2.32. The summed E-state index contributed by atoms with van der Waals surface area (Å²) in [6, 6.07) is 10.1. The average Bonchev–Trinajstić information content (AvgIpc) is 2.76. The van der Waals surface area contributed by atoms with Gasteiger partial charge in [0.05, 0.1) is 11.5 Å². The minimum Gasteiger partial charge on any atom is -0.396 e. The van der Waals surface area contributed by atoms with Crippen LogP contribution >= 0.6 is 11.8 Å². The predicted molar refractivity (Wildman–Crippen MR) is 79.1 cm³/mol. The lowest BCUT2D eigenvalue weighted by atomic mass is 9.90. The van der Waals surface area contributed by atoms with E-state index in [0.29, 0.717) is 12.2 Å². The Bertz CT molecular complexity index is 485. The largest absolute Gasteiger partial charge is 0.396 e. The van der Waals surface area contributed by atoms with E-state index in [0.717, 1.165) is 12.2 Å². The first-order valence-electron chi connectivity index (χ1n) is 6.60. The summed E-state index contributed by atoms with van der Waals surface area (Å²) in [6.07, 6.45) is 1.58. The van der Waals surface area contributed by atoms with Crippen molar-refractivity contribution in [3.8, 4) is 0 Å². The van der Waals surface area contributed by atoms with Gasteiger partial charge in [-0.15, -0.1) is 11.8 Å². The van der Waals surface area contributed by atoms with Crippen LogP contribution < -0.4 is 0 Å². The molecule has 5 heteroatoms. The fourth-order valence-corrected chi connectivity index (χ4v) is 5.44. The number of aliphatic hydroxyl groups excluding tert-OH is 1. The molecule has 1 fully saturated rings. The molecule has 0 bridgehead atoms. The van der Waals surface area contributed by atoms with Crippen LogP contribution in [0.15, 0.2) is 35.2 Å². The molecule has 1 aliphatic rings. The minimum atomic E-state index is -2.85. The van der Waals surface area contributed by atoms with Crippen LogP contribution in [0.1, 0.15) is 12.8 Å². The maximum atomic E-state index is 11.5. The molecule has 2 atom stereocenters. The maximum Gasteiger partial charge on any atom is 0.150 e. The highest BCUT2D eigenvalue weighted by Crippen LogP contribution is 2.30. The molecule has 1 aromatic carbocycles. The van der Waals surface area contributed by atoms with Crippen molar-refractivity contribution >= 4 is 21.6 Å². The van der Waals surface area contributed by atoms with Crippen LogP contribution in [0.2, 0.25) is 0 Å². The number of thioether (sulfide) groups is 1. The number of sulfone groups is 1. The van der Waals surface area contributed by atoms with E-state index in [9.17, 15) is 13.5 Å². The molecule has 1 aliphatic heterocycles. The summed E-state index contributed by atoms with van der Waals surface area (Å²) < 4.78 is 22.9. The highest BCUT2D eigenvalue weighted by atomic mass is 32.2. The molecule has 0 aromatic heterocycles. The van der Waals surface area contributed by atoms with Crippen LogP contribution in [-0.4, -0.2) is 37.4 Å². The van der Waals surface area contributed by atoms with Gasteiger partial charge >= 0.3 is 0 Å². The quantitative estimate of drug-likeness (QED) is 0.818. The van der Waals surface area contributed by atoms with Gasteiger partial charge in [0, 0.05) is 11.5 Å². The Morgan fingerprint density at radius 3 is 2.63 bits per heavy atom. The van der Waals surface area contributed by atoms with Gasteiger partial charge in [-0.2, -0.15) is 0 Å². The van der Waals surface area contributed by atoms with Gasteiger partial charge in [0.2, 0.25) is 0 Å². The summed E-state index contributed by atoms with van der Waals surface area (Å²) in [5.74, 6) is 1.74. The zero-order chi connectivity index (χ0) is 13.7. The molecular formula is C14H20O3S2. The van der Waals surface area contributed by atoms with Crippen LogP contribution in [-0.2, 0) is 9.84 Å². The van der Waals surface area contributed by atoms with Gasteiger partial charge in [-0.25, -0.2) is 8.42 Å². The number of rotatable bonds is 6. The molecule has 19 heavy (non-hydrogen) atoms. The first-order valence-corrected chi connectivity index (χ1v) is 9.40. The van der Waals surface area contributed by atoms with Crippen molar-refractivity contribution in [3.05, 3.63) is 30.3 Å². The van der Waals surface area contributed by atoms with Crippen LogP contribution in [0.5, 0.6) is 0 Å². The molecule has 1 saturated heterocycles. The van der Waals surface area contributed by atoms with Crippen molar-refractivity contribution in [1.29, 1.82) is 0 Å².